The van der Waals surface area contributed by atoms with Gasteiger partial charge < -0.3 is 10.0 Å². The fourth-order valence-electron chi connectivity index (χ4n) is 2.97. The molecule has 0 aliphatic carbocycles. The first-order chi connectivity index (χ1) is 12.0. The van der Waals surface area contributed by atoms with Crippen LogP contribution in [0.2, 0.25) is 0 Å². The number of aromatic nitrogens is 3. The molecule has 3 rings (SSSR count). The molecule has 2 amide bonds. The second-order valence-electron chi connectivity index (χ2n) is 6.28. The van der Waals surface area contributed by atoms with E-state index in [0.29, 0.717) is 25.3 Å². The Morgan fingerprint density at radius 1 is 1.32 bits per heavy atom. The van der Waals surface area contributed by atoms with Gasteiger partial charge in [-0.1, -0.05) is 13.0 Å². The van der Waals surface area contributed by atoms with Gasteiger partial charge in [0.1, 0.15) is 5.82 Å². The number of carbonyl (C=O) groups is 2. The number of likely N-dealkylation sites (tertiary alicyclic amines) is 1. The van der Waals surface area contributed by atoms with E-state index in [1.165, 1.54) is 0 Å². The van der Waals surface area contributed by atoms with Crippen LogP contribution in [-0.4, -0.2) is 49.9 Å². The SMILES string of the molecule is CC1CCN(C(=O)Nc2ccnn2Cc2ccccn2)CC1C(=O)O. The van der Waals surface area contributed by atoms with Gasteiger partial charge in [0.15, 0.2) is 0 Å². The van der Waals surface area contributed by atoms with Crippen LogP contribution >= 0.6 is 0 Å². The van der Waals surface area contributed by atoms with Crippen LogP contribution in [0.25, 0.3) is 0 Å². The topological polar surface area (TPSA) is 100 Å². The van der Waals surface area contributed by atoms with E-state index in [0.717, 1.165) is 5.69 Å². The number of pyridine rings is 1. The van der Waals surface area contributed by atoms with Gasteiger partial charge in [-0.3, -0.25) is 15.1 Å². The number of hydrogen-bond acceptors (Lipinski definition) is 4. The van der Waals surface area contributed by atoms with Crippen molar-refractivity contribution in [1.82, 2.24) is 19.7 Å². The molecular weight excluding hydrogens is 322 g/mol. The van der Waals surface area contributed by atoms with Crippen LogP contribution in [-0.2, 0) is 11.3 Å². The van der Waals surface area contributed by atoms with Crippen LogP contribution in [0.15, 0.2) is 36.7 Å². The zero-order chi connectivity index (χ0) is 17.8. The number of carboxylic acids is 1. The summed E-state index contributed by atoms with van der Waals surface area (Å²) >= 11 is 0. The Balaban J connectivity index is 1.66. The lowest BCUT2D eigenvalue weighted by Gasteiger charge is -2.34. The zero-order valence-electron chi connectivity index (χ0n) is 14.0. The molecule has 3 heterocycles. The third-order valence-electron chi connectivity index (χ3n) is 4.55. The molecule has 132 valence electrons. The molecule has 2 atom stereocenters. The average Bonchev–Trinajstić information content (AvgIpc) is 3.02. The number of hydrogen-bond donors (Lipinski definition) is 2. The first-order valence-corrected chi connectivity index (χ1v) is 8.25. The first kappa shape index (κ1) is 16.9. The van der Waals surface area contributed by atoms with E-state index in [9.17, 15) is 14.7 Å². The molecule has 8 nitrogen and oxygen atoms in total. The predicted molar refractivity (Wildman–Crippen MR) is 91.1 cm³/mol. The number of urea groups is 1. The van der Waals surface area contributed by atoms with Crippen molar-refractivity contribution >= 4 is 17.8 Å². The first-order valence-electron chi connectivity index (χ1n) is 8.25. The maximum Gasteiger partial charge on any atom is 0.323 e. The number of anilines is 1. The van der Waals surface area contributed by atoms with Gasteiger partial charge in [-0.2, -0.15) is 5.10 Å². The average molecular weight is 343 g/mol. The van der Waals surface area contributed by atoms with Crippen molar-refractivity contribution in [3.05, 3.63) is 42.4 Å². The number of carboxylic acid groups (broad SMARTS) is 1. The van der Waals surface area contributed by atoms with Gasteiger partial charge in [0.2, 0.25) is 0 Å². The minimum Gasteiger partial charge on any atom is -0.481 e. The third kappa shape index (κ3) is 3.96. The largest absolute Gasteiger partial charge is 0.481 e. The molecule has 2 unspecified atom stereocenters. The molecule has 2 aromatic heterocycles. The molecule has 0 aromatic carbocycles. The third-order valence-corrected chi connectivity index (χ3v) is 4.55. The van der Waals surface area contributed by atoms with Gasteiger partial charge in [-0.15, -0.1) is 0 Å². The molecule has 0 spiro atoms. The Kier molecular flexibility index (Phi) is 4.97. The summed E-state index contributed by atoms with van der Waals surface area (Å²) in [7, 11) is 0. The molecule has 1 fully saturated rings. The highest BCUT2D eigenvalue weighted by Gasteiger charge is 2.33. The summed E-state index contributed by atoms with van der Waals surface area (Å²) in [6.07, 6.45) is 3.99. The van der Waals surface area contributed by atoms with Gasteiger partial charge in [0.25, 0.3) is 0 Å². The molecule has 2 aromatic rings. The minimum absolute atomic E-state index is 0.0660. The van der Waals surface area contributed by atoms with Crippen molar-refractivity contribution in [3.8, 4) is 0 Å². The van der Waals surface area contributed by atoms with Gasteiger partial charge in [0.05, 0.1) is 24.4 Å². The molecular formula is C17H21N5O3. The van der Waals surface area contributed by atoms with E-state index in [-0.39, 0.29) is 18.5 Å². The van der Waals surface area contributed by atoms with Crippen LogP contribution in [0.5, 0.6) is 0 Å². The molecule has 25 heavy (non-hydrogen) atoms. The van der Waals surface area contributed by atoms with Crippen molar-refractivity contribution in [2.24, 2.45) is 11.8 Å². The van der Waals surface area contributed by atoms with E-state index in [2.05, 4.69) is 15.4 Å². The fourth-order valence-corrected chi connectivity index (χ4v) is 2.97. The lowest BCUT2D eigenvalue weighted by atomic mass is 9.87. The smallest absolute Gasteiger partial charge is 0.323 e. The maximum absolute atomic E-state index is 12.5. The fraction of sp³-hybridized carbons (Fsp3) is 0.412. The van der Waals surface area contributed by atoms with Crippen LogP contribution in [0.3, 0.4) is 0 Å². The Bertz CT molecular complexity index is 746. The number of rotatable bonds is 4. The van der Waals surface area contributed by atoms with Gasteiger partial charge in [-0.25, -0.2) is 9.48 Å². The standard InChI is InChI=1S/C17H21N5O3/c1-12-6-9-21(11-14(12)16(23)24)17(25)20-15-5-8-19-22(15)10-13-4-2-3-7-18-13/h2-5,7-8,12,14H,6,9-11H2,1H3,(H,20,25)(H,23,24). The van der Waals surface area contributed by atoms with Crippen LogP contribution < -0.4 is 5.32 Å². The Morgan fingerprint density at radius 3 is 2.88 bits per heavy atom. The van der Waals surface area contributed by atoms with E-state index < -0.39 is 11.9 Å². The van der Waals surface area contributed by atoms with E-state index in [1.54, 1.807) is 28.0 Å². The summed E-state index contributed by atoms with van der Waals surface area (Å²) in [5.41, 5.74) is 0.833. The summed E-state index contributed by atoms with van der Waals surface area (Å²) in [4.78, 5) is 29.6. The summed E-state index contributed by atoms with van der Waals surface area (Å²) in [6, 6.07) is 7.02. The molecule has 1 aliphatic heterocycles. The summed E-state index contributed by atoms with van der Waals surface area (Å²) in [5, 5.41) is 16.3. The Labute approximate surface area is 145 Å². The van der Waals surface area contributed by atoms with Crippen LogP contribution in [0.4, 0.5) is 10.6 Å². The minimum atomic E-state index is -0.856. The number of carbonyl (C=O) groups excluding carboxylic acids is 1. The highest BCUT2D eigenvalue weighted by molar-refractivity contribution is 5.89. The number of nitrogens with zero attached hydrogens (tertiary/aromatic N) is 4. The number of nitrogens with one attached hydrogen (secondary N) is 1. The van der Waals surface area contributed by atoms with Crippen molar-refractivity contribution in [1.29, 1.82) is 0 Å². The normalized spacial score (nSPS) is 20.3. The summed E-state index contributed by atoms with van der Waals surface area (Å²) < 4.78 is 1.65. The van der Waals surface area contributed by atoms with Crippen molar-refractivity contribution in [3.63, 3.8) is 0 Å². The van der Waals surface area contributed by atoms with E-state index >= 15 is 0 Å². The highest BCUT2D eigenvalue weighted by Crippen LogP contribution is 2.24. The van der Waals surface area contributed by atoms with Crippen molar-refractivity contribution < 1.29 is 14.7 Å². The zero-order valence-corrected chi connectivity index (χ0v) is 14.0. The molecule has 0 saturated carbocycles. The summed E-state index contributed by atoms with van der Waals surface area (Å²) in [5.74, 6) is -0.763. The van der Waals surface area contributed by atoms with Crippen molar-refractivity contribution in [2.45, 2.75) is 19.9 Å². The van der Waals surface area contributed by atoms with Crippen LogP contribution in [0.1, 0.15) is 19.0 Å². The van der Waals surface area contributed by atoms with Crippen molar-refractivity contribution in [2.75, 3.05) is 18.4 Å². The predicted octanol–water partition coefficient (Wildman–Crippen LogP) is 1.90. The van der Waals surface area contributed by atoms with Crippen LogP contribution in [0, 0.1) is 11.8 Å². The molecule has 1 aliphatic rings. The lowest BCUT2D eigenvalue weighted by Crippen LogP contribution is -2.47. The number of aliphatic carboxylic acids is 1. The second kappa shape index (κ2) is 7.33. The van der Waals surface area contributed by atoms with Gasteiger partial charge in [-0.05, 0) is 24.5 Å². The second-order valence-corrected chi connectivity index (χ2v) is 6.28. The number of amides is 2. The number of piperidine rings is 1. The molecule has 0 radical (unpaired) electrons. The quantitative estimate of drug-likeness (QED) is 0.883. The molecule has 0 bridgehead atoms. The molecule has 8 heteroatoms. The maximum atomic E-state index is 12.5. The monoisotopic (exact) mass is 343 g/mol. The molecule has 1 saturated heterocycles. The molecule has 2 N–H and O–H groups in total. The van der Waals surface area contributed by atoms with Gasteiger partial charge >= 0.3 is 12.0 Å². The van der Waals surface area contributed by atoms with E-state index in [1.807, 2.05) is 25.1 Å². The Morgan fingerprint density at radius 2 is 2.16 bits per heavy atom. The highest BCUT2D eigenvalue weighted by atomic mass is 16.4. The van der Waals surface area contributed by atoms with E-state index in [4.69, 9.17) is 0 Å². The summed E-state index contributed by atoms with van der Waals surface area (Å²) in [6.45, 7) is 3.12. The Hall–Kier alpha value is -2.90. The lowest BCUT2D eigenvalue weighted by molar-refractivity contribution is -0.145. The van der Waals surface area contributed by atoms with Gasteiger partial charge in [0, 0.05) is 25.4 Å².